The Bertz CT molecular complexity index is 382. The van der Waals surface area contributed by atoms with Gasteiger partial charge in [0.25, 0.3) is 0 Å². The molecule has 20 heavy (non-hydrogen) atoms. The molecule has 0 bridgehead atoms. The first-order valence-corrected chi connectivity index (χ1v) is 9.02. The number of hydrogen-bond acceptors (Lipinski definition) is 2. The molecule has 0 aliphatic carbocycles. The highest BCUT2D eigenvalue weighted by Crippen LogP contribution is 2.35. The zero-order valence-corrected chi connectivity index (χ0v) is 15.8. The lowest BCUT2D eigenvalue weighted by Crippen LogP contribution is -2.14. The Morgan fingerprint density at radius 3 is 2.20 bits per heavy atom. The van der Waals surface area contributed by atoms with Crippen LogP contribution in [0.1, 0.15) is 45.6 Å². The smallest absolute Gasteiger partial charge is 0.147 e. The summed E-state index contributed by atoms with van der Waals surface area (Å²) in [5.41, 5.74) is 1.26. The summed E-state index contributed by atoms with van der Waals surface area (Å²) in [7, 11) is 0. The van der Waals surface area contributed by atoms with Gasteiger partial charge in [0.2, 0.25) is 0 Å². The van der Waals surface area contributed by atoms with Crippen LogP contribution in [-0.2, 0) is 6.54 Å². The van der Waals surface area contributed by atoms with Crippen molar-refractivity contribution in [1.29, 1.82) is 0 Å². The zero-order chi connectivity index (χ0) is 15.0. The topological polar surface area (TPSA) is 21.3 Å². The first kappa shape index (κ1) is 18.0. The van der Waals surface area contributed by atoms with Crippen LogP contribution in [0.3, 0.4) is 0 Å². The maximum Gasteiger partial charge on any atom is 0.147 e. The van der Waals surface area contributed by atoms with Gasteiger partial charge in [-0.15, -0.1) is 0 Å². The minimum absolute atomic E-state index is 0.625. The van der Waals surface area contributed by atoms with Gasteiger partial charge in [0.1, 0.15) is 5.75 Å². The van der Waals surface area contributed by atoms with Crippen LogP contribution in [0, 0.1) is 5.92 Å². The summed E-state index contributed by atoms with van der Waals surface area (Å²) < 4.78 is 8.02. The molecule has 0 spiro atoms. The lowest BCUT2D eigenvalue weighted by Gasteiger charge is -2.17. The van der Waals surface area contributed by atoms with E-state index in [1.54, 1.807) is 0 Å². The average molecular weight is 407 g/mol. The molecule has 2 nitrogen and oxygen atoms in total. The summed E-state index contributed by atoms with van der Waals surface area (Å²) in [6.07, 6.45) is 3.47. The SMILES string of the molecule is CCCNCc1cc(Br)c(OCC(CC)CC)c(Br)c1. The van der Waals surface area contributed by atoms with E-state index in [0.717, 1.165) is 53.7 Å². The Morgan fingerprint density at radius 2 is 1.70 bits per heavy atom. The van der Waals surface area contributed by atoms with Gasteiger partial charge >= 0.3 is 0 Å². The highest BCUT2D eigenvalue weighted by atomic mass is 79.9. The van der Waals surface area contributed by atoms with Crippen LogP contribution in [0.2, 0.25) is 0 Å². The summed E-state index contributed by atoms with van der Waals surface area (Å²) in [5, 5.41) is 3.41. The number of halogens is 2. The quantitative estimate of drug-likeness (QED) is 0.544. The third-order valence-electron chi connectivity index (χ3n) is 3.43. The number of ether oxygens (including phenoxy) is 1. The standard InChI is InChI=1S/C16H25Br2NO/c1-4-7-19-10-13-8-14(17)16(15(18)9-13)20-11-12(5-2)6-3/h8-9,12,19H,4-7,10-11H2,1-3H3. The molecule has 1 aromatic rings. The summed E-state index contributed by atoms with van der Waals surface area (Å²) in [6, 6.07) is 4.27. The molecule has 1 N–H and O–H groups in total. The second-order valence-corrected chi connectivity index (χ2v) is 6.77. The van der Waals surface area contributed by atoms with Gasteiger partial charge in [0.05, 0.1) is 15.6 Å². The van der Waals surface area contributed by atoms with Crippen LogP contribution in [-0.4, -0.2) is 13.2 Å². The van der Waals surface area contributed by atoms with E-state index in [4.69, 9.17) is 4.74 Å². The Balaban J connectivity index is 2.68. The largest absolute Gasteiger partial charge is 0.491 e. The summed E-state index contributed by atoms with van der Waals surface area (Å²) in [4.78, 5) is 0. The first-order chi connectivity index (χ1) is 9.62. The van der Waals surface area contributed by atoms with E-state index in [0.29, 0.717) is 5.92 Å². The second-order valence-electron chi connectivity index (χ2n) is 5.06. The number of hydrogen-bond donors (Lipinski definition) is 1. The first-order valence-electron chi connectivity index (χ1n) is 7.43. The van der Waals surface area contributed by atoms with Crippen molar-refractivity contribution in [2.24, 2.45) is 5.92 Å². The molecule has 0 aromatic heterocycles. The average Bonchev–Trinajstić information content (AvgIpc) is 2.42. The molecule has 0 aliphatic rings. The van der Waals surface area contributed by atoms with Crippen molar-refractivity contribution in [2.45, 2.75) is 46.6 Å². The fourth-order valence-electron chi connectivity index (χ4n) is 1.99. The third-order valence-corrected chi connectivity index (χ3v) is 4.61. The maximum atomic E-state index is 5.98. The Morgan fingerprint density at radius 1 is 1.10 bits per heavy atom. The van der Waals surface area contributed by atoms with Crippen molar-refractivity contribution in [3.63, 3.8) is 0 Å². The molecule has 0 saturated carbocycles. The molecule has 0 atom stereocenters. The van der Waals surface area contributed by atoms with Crippen molar-refractivity contribution in [2.75, 3.05) is 13.2 Å². The molecule has 1 aromatic carbocycles. The van der Waals surface area contributed by atoms with Crippen molar-refractivity contribution in [3.05, 3.63) is 26.6 Å². The third kappa shape index (κ3) is 5.74. The second kappa shape index (κ2) is 9.80. The predicted molar refractivity (Wildman–Crippen MR) is 93.4 cm³/mol. The van der Waals surface area contributed by atoms with Gasteiger partial charge in [-0.3, -0.25) is 0 Å². The Hall–Kier alpha value is -0.0600. The summed E-state index contributed by atoms with van der Waals surface area (Å²) in [5.74, 6) is 1.54. The Labute approximate surface area is 139 Å². The molecular formula is C16H25Br2NO. The molecule has 0 unspecified atom stereocenters. The molecule has 0 saturated heterocycles. The van der Waals surface area contributed by atoms with E-state index in [2.05, 4.69) is 70.1 Å². The number of nitrogens with one attached hydrogen (secondary N) is 1. The van der Waals surface area contributed by atoms with E-state index in [9.17, 15) is 0 Å². The van der Waals surface area contributed by atoms with Crippen LogP contribution in [0.4, 0.5) is 0 Å². The summed E-state index contributed by atoms with van der Waals surface area (Å²) in [6.45, 7) is 9.31. The van der Waals surface area contributed by atoms with E-state index in [1.165, 1.54) is 5.56 Å². The zero-order valence-electron chi connectivity index (χ0n) is 12.6. The molecule has 0 radical (unpaired) electrons. The Kier molecular flexibility index (Phi) is 8.82. The predicted octanol–water partition coefficient (Wildman–Crippen LogP) is 5.53. The van der Waals surface area contributed by atoms with Crippen LogP contribution < -0.4 is 10.1 Å². The molecular weight excluding hydrogens is 382 g/mol. The van der Waals surface area contributed by atoms with Crippen molar-refractivity contribution in [3.8, 4) is 5.75 Å². The fourth-order valence-corrected chi connectivity index (χ4v) is 3.50. The highest BCUT2D eigenvalue weighted by Gasteiger charge is 2.11. The van der Waals surface area contributed by atoms with Gasteiger partial charge in [-0.25, -0.2) is 0 Å². The van der Waals surface area contributed by atoms with Crippen molar-refractivity contribution < 1.29 is 4.74 Å². The van der Waals surface area contributed by atoms with Gasteiger partial charge in [0.15, 0.2) is 0 Å². The monoisotopic (exact) mass is 405 g/mol. The van der Waals surface area contributed by atoms with E-state index < -0.39 is 0 Å². The van der Waals surface area contributed by atoms with Gasteiger partial charge in [-0.1, -0.05) is 33.6 Å². The van der Waals surface area contributed by atoms with E-state index in [-0.39, 0.29) is 0 Å². The molecule has 0 heterocycles. The van der Waals surface area contributed by atoms with Gasteiger partial charge < -0.3 is 10.1 Å². The van der Waals surface area contributed by atoms with Crippen LogP contribution in [0.25, 0.3) is 0 Å². The van der Waals surface area contributed by atoms with Crippen molar-refractivity contribution in [1.82, 2.24) is 5.32 Å². The normalized spacial score (nSPS) is 11.1. The molecule has 1 rings (SSSR count). The molecule has 114 valence electrons. The van der Waals surface area contributed by atoms with Crippen LogP contribution >= 0.6 is 31.9 Å². The molecule has 0 aliphatic heterocycles. The fraction of sp³-hybridized carbons (Fsp3) is 0.625. The number of benzene rings is 1. The molecule has 0 amide bonds. The molecule has 0 fully saturated rings. The van der Waals surface area contributed by atoms with Gasteiger partial charge in [-0.2, -0.15) is 0 Å². The summed E-state index contributed by atoms with van der Waals surface area (Å²) >= 11 is 7.24. The van der Waals surface area contributed by atoms with Gasteiger partial charge in [0, 0.05) is 6.54 Å². The lowest BCUT2D eigenvalue weighted by molar-refractivity contribution is 0.238. The highest BCUT2D eigenvalue weighted by molar-refractivity contribution is 9.11. The van der Waals surface area contributed by atoms with E-state index in [1.807, 2.05) is 0 Å². The van der Waals surface area contributed by atoms with Crippen LogP contribution in [0.15, 0.2) is 21.1 Å². The maximum absolute atomic E-state index is 5.98. The minimum Gasteiger partial charge on any atom is -0.491 e. The van der Waals surface area contributed by atoms with Crippen LogP contribution in [0.5, 0.6) is 5.75 Å². The van der Waals surface area contributed by atoms with Gasteiger partial charge in [-0.05, 0) is 68.4 Å². The van der Waals surface area contributed by atoms with Crippen molar-refractivity contribution >= 4 is 31.9 Å². The number of rotatable bonds is 9. The molecule has 4 heteroatoms. The lowest BCUT2D eigenvalue weighted by atomic mass is 10.1. The van der Waals surface area contributed by atoms with E-state index >= 15 is 0 Å². The minimum atomic E-state index is 0.625.